The van der Waals surface area contributed by atoms with Crippen LogP contribution in [-0.4, -0.2) is 67.1 Å². The second-order valence-corrected chi connectivity index (χ2v) is 11.7. The molecule has 5 rings (SSSR count). The van der Waals surface area contributed by atoms with Crippen LogP contribution in [0.1, 0.15) is 31.2 Å². The minimum Gasteiger partial charge on any atom is -0.382 e. The van der Waals surface area contributed by atoms with E-state index in [1.165, 1.54) is 6.07 Å². The van der Waals surface area contributed by atoms with Gasteiger partial charge in [0.05, 0.1) is 11.3 Å². The number of rotatable bonds is 7. The lowest BCUT2D eigenvalue weighted by molar-refractivity contribution is 0.321. The third kappa shape index (κ3) is 5.36. The minimum absolute atomic E-state index is 0.00940. The number of likely N-dealkylation sites (tertiary alicyclic amines) is 1. The zero-order chi connectivity index (χ0) is 25.1. The van der Waals surface area contributed by atoms with Gasteiger partial charge in [0.1, 0.15) is 11.9 Å². The fourth-order valence-electron chi connectivity index (χ4n) is 5.15. The number of pyridine rings is 1. The summed E-state index contributed by atoms with van der Waals surface area (Å²) in [5.74, 6) is -0.349. The quantitative estimate of drug-likeness (QED) is 0.515. The molecule has 2 aliphatic rings. The summed E-state index contributed by atoms with van der Waals surface area (Å²) in [6, 6.07) is 12.5. The van der Waals surface area contributed by atoms with Crippen LogP contribution in [0.15, 0.2) is 48.8 Å². The van der Waals surface area contributed by atoms with Crippen molar-refractivity contribution in [3.8, 4) is 17.2 Å². The van der Waals surface area contributed by atoms with Crippen molar-refractivity contribution in [3.63, 3.8) is 0 Å². The molecule has 0 unspecified atom stereocenters. The summed E-state index contributed by atoms with van der Waals surface area (Å²) in [4.78, 5) is 6.52. The van der Waals surface area contributed by atoms with Crippen LogP contribution >= 0.6 is 0 Å². The van der Waals surface area contributed by atoms with Crippen LogP contribution in [0.5, 0.6) is 0 Å². The molecular formula is C27H30FN5O2S. The highest BCUT2D eigenvalue weighted by Gasteiger charge is 2.29. The molecular weight excluding hydrogens is 477 g/mol. The van der Waals surface area contributed by atoms with E-state index in [1.807, 2.05) is 30.5 Å². The summed E-state index contributed by atoms with van der Waals surface area (Å²) in [5, 5.41) is 14.8. The third-order valence-electron chi connectivity index (χ3n) is 7.25. The zero-order valence-corrected chi connectivity index (χ0v) is 21.0. The van der Waals surface area contributed by atoms with E-state index in [0.717, 1.165) is 53.5 Å². The number of fused-ring (bicyclic) bond motifs is 1. The molecule has 7 nitrogen and oxygen atoms in total. The van der Waals surface area contributed by atoms with E-state index >= 15 is 0 Å². The molecule has 1 aromatic heterocycles. The van der Waals surface area contributed by atoms with E-state index in [2.05, 4.69) is 15.2 Å². The summed E-state index contributed by atoms with van der Waals surface area (Å²) in [5.41, 5.74) is 2.53. The highest BCUT2D eigenvalue weighted by Crippen LogP contribution is 2.33. The minimum atomic E-state index is -3.26. The van der Waals surface area contributed by atoms with E-state index in [1.54, 1.807) is 22.6 Å². The molecule has 36 heavy (non-hydrogen) atoms. The van der Waals surface area contributed by atoms with Crippen LogP contribution in [0.25, 0.3) is 21.9 Å². The molecule has 0 amide bonds. The van der Waals surface area contributed by atoms with Gasteiger partial charge in [0.25, 0.3) is 0 Å². The normalized spacial score (nSPS) is 17.9. The van der Waals surface area contributed by atoms with Gasteiger partial charge in [-0.25, -0.2) is 17.1 Å². The van der Waals surface area contributed by atoms with E-state index in [9.17, 15) is 18.1 Å². The molecule has 0 radical (unpaired) electrons. The number of nitrogens with zero attached hydrogens (tertiary/aromatic N) is 4. The van der Waals surface area contributed by atoms with Gasteiger partial charge >= 0.3 is 0 Å². The summed E-state index contributed by atoms with van der Waals surface area (Å²) in [6.07, 6.45) is 7.28. The van der Waals surface area contributed by atoms with Gasteiger partial charge in [0.2, 0.25) is 10.0 Å². The molecule has 0 aliphatic carbocycles. The summed E-state index contributed by atoms with van der Waals surface area (Å²) < 4.78 is 41.3. The van der Waals surface area contributed by atoms with Gasteiger partial charge in [0.15, 0.2) is 0 Å². The van der Waals surface area contributed by atoms with Crippen LogP contribution in [0, 0.1) is 17.1 Å². The van der Waals surface area contributed by atoms with Crippen molar-refractivity contribution < 1.29 is 12.8 Å². The fourth-order valence-corrected chi connectivity index (χ4v) is 6.67. The van der Waals surface area contributed by atoms with E-state index in [0.29, 0.717) is 32.5 Å². The molecule has 188 valence electrons. The van der Waals surface area contributed by atoms with Crippen LogP contribution in [0.2, 0.25) is 0 Å². The van der Waals surface area contributed by atoms with Crippen molar-refractivity contribution in [3.05, 3.63) is 60.2 Å². The Morgan fingerprint density at radius 3 is 2.58 bits per heavy atom. The van der Waals surface area contributed by atoms with Gasteiger partial charge < -0.3 is 10.2 Å². The molecule has 0 atom stereocenters. The van der Waals surface area contributed by atoms with Crippen LogP contribution in [0.4, 0.5) is 10.1 Å². The van der Waals surface area contributed by atoms with Crippen molar-refractivity contribution in [2.24, 2.45) is 0 Å². The molecule has 3 heterocycles. The standard InChI is InChI=1S/C27H30FN5O2S/c28-26-4-3-20(15-23(26)18-29)22-16-21-5-8-30-19-25(21)27(17-22)31-24-6-11-33(12-7-24)36(34,35)14-13-32-9-1-2-10-32/h3-5,8,15-17,19,24,31H,1-2,6-7,9-14H2. The smallest absolute Gasteiger partial charge is 0.215 e. The number of hydrogen-bond acceptors (Lipinski definition) is 6. The van der Waals surface area contributed by atoms with Gasteiger partial charge in [-0.2, -0.15) is 5.26 Å². The Bertz CT molecular complexity index is 1390. The van der Waals surface area contributed by atoms with Crippen molar-refractivity contribution in [1.29, 1.82) is 5.26 Å². The summed E-state index contributed by atoms with van der Waals surface area (Å²) >= 11 is 0. The second kappa shape index (κ2) is 10.5. The number of halogens is 1. The average molecular weight is 508 g/mol. The Hall–Kier alpha value is -3.06. The average Bonchev–Trinajstić information content (AvgIpc) is 3.42. The number of hydrogen-bond donors (Lipinski definition) is 1. The van der Waals surface area contributed by atoms with Gasteiger partial charge in [-0.3, -0.25) is 4.98 Å². The van der Waals surface area contributed by atoms with Crippen molar-refractivity contribution in [2.45, 2.75) is 31.7 Å². The van der Waals surface area contributed by atoms with Crippen LogP contribution in [0.3, 0.4) is 0 Å². The Kier molecular flexibility index (Phi) is 7.19. The zero-order valence-electron chi connectivity index (χ0n) is 20.2. The van der Waals surface area contributed by atoms with Crippen molar-refractivity contribution in [2.75, 3.05) is 43.8 Å². The Morgan fingerprint density at radius 2 is 1.83 bits per heavy atom. The van der Waals surface area contributed by atoms with Gasteiger partial charge in [-0.05, 0) is 85.6 Å². The third-order valence-corrected chi connectivity index (χ3v) is 9.10. The lowest BCUT2D eigenvalue weighted by Crippen LogP contribution is -2.44. The Balaban J connectivity index is 1.31. The molecule has 2 aliphatic heterocycles. The maximum Gasteiger partial charge on any atom is 0.215 e. The number of piperidine rings is 1. The maximum absolute atomic E-state index is 13.9. The van der Waals surface area contributed by atoms with Crippen LogP contribution in [-0.2, 0) is 10.0 Å². The molecule has 0 bridgehead atoms. The Morgan fingerprint density at radius 1 is 1.06 bits per heavy atom. The van der Waals surface area contributed by atoms with Crippen molar-refractivity contribution >= 4 is 26.5 Å². The first kappa shape index (κ1) is 24.6. The molecule has 1 N–H and O–H groups in total. The number of nitrogens with one attached hydrogen (secondary N) is 1. The largest absolute Gasteiger partial charge is 0.382 e. The SMILES string of the molecule is N#Cc1cc(-c2cc(NC3CCN(S(=O)(=O)CCN4CCCC4)CC3)c3cnccc3c2)ccc1F. The highest BCUT2D eigenvalue weighted by molar-refractivity contribution is 7.89. The van der Waals surface area contributed by atoms with E-state index in [4.69, 9.17) is 0 Å². The van der Waals surface area contributed by atoms with Crippen molar-refractivity contribution in [1.82, 2.24) is 14.2 Å². The molecule has 2 aromatic carbocycles. The monoisotopic (exact) mass is 507 g/mol. The number of aromatic nitrogens is 1. The van der Waals surface area contributed by atoms with Gasteiger partial charge in [-0.1, -0.05) is 6.07 Å². The number of sulfonamides is 1. The van der Waals surface area contributed by atoms with Gasteiger partial charge in [0, 0.05) is 49.1 Å². The van der Waals surface area contributed by atoms with Crippen LogP contribution < -0.4 is 5.32 Å². The highest BCUT2D eigenvalue weighted by atomic mass is 32.2. The van der Waals surface area contributed by atoms with Gasteiger partial charge in [-0.15, -0.1) is 0 Å². The number of anilines is 1. The number of nitriles is 1. The molecule has 2 fully saturated rings. The van der Waals surface area contributed by atoms with E-state index < -0.39 is 15.8 Å². The number of benzene rings is 2. The first-order chi connectivity index (χ1) is 17.4. The molecule has 9 heteroatoms. The predicted octanol–water partition coefficient (Wildman–Crippen LogP) is 4.21. The fraction of sp³-hybridized carbons (Fsp3) is 0.407. The molecule has 0 saturated carbocycles. The lowest BCUT2D eigenvalue weighted by atomic mass is 9.98. The Labute approximate surface area is 211 Å². The molecule has 2 saturated heterocycles. The topological polar surface area (TPSA) is 89.3 Å². The first-order valence-corrected chi connectivity index (χ1v) is 14.1. The lowest BCUT2D eigenvalue weighted by Gasteiger charge is -2.33. The molecule has 0 spiro atoms. The van der Waals surface area contributed by atoms with E-state index in [-0.39, 0.29) is 17.4 Å². The predicted molar refractivity (Wildman–Crippen MR) is 140 cm³/mol. The molecule has 3 aromatic rings. The maximum atomic E-state index is 13.9. The summed E-state index contributed by atoms with van der Waals surface area (Å²) in [7, 11) is -3.26. The second-order valence-electron chi connectivity index (χ2n) is 9.61. The first-order valence-electron chi connectivity index (χ1n) is 12.5. The summed E-state index contributed by atoms with van der Waals surface area (Å²) in [6.45, 7) is 3.61.